The third-order valence-corrected chi connectivity index (χ3v) is 2.75. The Kier molecular flexibility index (Phi) is 3.53. The molecule has 3 nitrogen and oxygen atoms in total. The summed E-state index contributed by atoms with van der Waals surface area (Å²) in [6.45, 7) is 4.38. The lowest BCUT2D eigenvalue weighted by atomic mass is 10.0. The van der Waals surface area contributed by atoms with Crippen LogP contribution >= 0.6 is 0 Å². The van der Waals surface area contributed by atoms with Crippen LogP contribution < -0.4 is 10.3 Å². The predicted octanol–water partition coefficient (Wildman–Crippen LogP) is 1.76. The Balaban J connectivity index is 2.33. The lowest BCUT2D eigenvalue weighted by Crippen LogP contribution is -2.33. The summed E-state index contributed by atoms with van der Waals surface area (Å²) in [5.74, 6) is -0.426. The van der Waals surface area contributed by atoms with Gasteiger partial charge in [-0.3, -0.25) is 4.79 Å². The summed E-state index contributed by atoms with van der Waals surface area (Å²) in [7, 11) is 0. The van der Waals surface area contributed by atoms with E-state index in [0.717, 1.165) is 11.1 Å². The van der Waals surface area contributed by atoms with E-state index in [9.17, 15) is 4.79 Å². The number of carbonyl (C=O) groups is 1. The number of hydrogen-bond acceptors (Lipinski definition) is 1. The van der Waals surface area contributed by atoms with Crippen LogP contribution in [0.25, 0.3) is 6.08 Å². The normalized spacial score (nSPS) is 10.0. The van der Waals surface area contributed by atoms with E-state index >= 15 is 0 Å². The van der Waals surface area contributed by atoms with Crippen molar-refractivity contribution in [2.45, 2.75) is 6.54 Å². The summed E-state index contributed by atoms with van der Waals surface area (Å²) in [5, 5.41) is 0. The van der Waals surface area contributed by atoms with Crippen LogP contribution in [-0.2, 0) is 6.54 Å². The minimum absolute atomic E-state index is 0.426. The number of hydrogen-bond donors (Lipinski definition) is 1. The maximum atomic E-state index is 11.4. The van der Waals surface area contributed by atoms with E-state index in [1.165, 1.54) is 0 Å². The van der Waals surface area contributed by atoms with Crippen molar-refractivity contribution in [2.24, 2.45) is 5.73 Å². The number of nitrogens with two attached hydrogens (primary N) is 1. The van der Waals surface area contributed by atoms with Crippen LogP contribution in [0.15, 0.2) is 55.4 Å². The maximum Gasteiger partial charge on any atom is 0.249 e. The highest BCUT2D eigenvalue weighted by Crippen LogP contribution is 2.12. The molecule has 0 radical (unpaired) electrons. The molecular weight excluding hydrogens is 224 g/mol. The zero-order valence-electron chi connectivity index (χ0n) is 10.0. The molecule has 2 rings (SSSR count). The monoisotopic (exact) mass is 239 g/mol. The van der Waals surface area contributed by atoms with Gasteiger partial charge < -0.3 is 5.73 Å². The molecule has 1 aromatic heterocycles. The quantitative estimate of drug-likeness (QED) is 0.812. The molecule has 3 heteroatoms. The lowest BCUT2D eigenvalue weighted by Gasteiger charge is -2.04. The smallest absolute Gasteiger partial charge is 0.249 e. The van der Waals surface area contributed by atoms with Crippen LogP contribution in [0.1, 0.15) is 21.5 Å². The molecule has 2 N–H and O–H groups in total. The first kappa shape index (κ1) is 12.0. The summed E-state index contributed by atoms with van der Waals surface area (Å²) in [6, 6.07) is 11.6. The summed E-state index contributed by atoms with van der Waals surface area (Å²) in [4.78, 5) is 11.4. The topological polar surface area (TPSA) is 47.0 Å². The molecule has 0 saturated carbocycles. The number of primary amides is 1. The van der Waals surface area contributed by atoms with E-state index in [1.807, 2.05) is 53.4 Å². The fourth-order valence-corrected chi connectivity index (χ4v) is 1.84. The minimum Gasteiger partial charge on any atom is -0.366 e. The van der Waals surface area contributed by atoms with Crippen LogP contribution in [0.5, 0.6) is 0 Å². The van der Waals surface area contributed by atoms with E-state index in [-0.39, 0.29) is 0 Å². The lowest BCUT2D eigenvalue weighted by molar-refractivity contribution is -0.688. The average molecular weight is 239 g/mol. The predicted molar refractivity (Wildman–Crippen MR) is 70.8 cm³/mol. The van der Waals surface area contributed by atoms with Crippen LogP contribution in [0.4, 0.5) is 0 Å². The van der Waals surface area contributed by atoms with Crippen LogP contribution in [0.2, 0.25) is 0 Å². The minimum atomic E-state index is -0.426. The average Bonchev–Trinajstić information content (AvgIpc) is 2.40. The zero-order valence-corrected chi connectivity index (χ0v) is 10.0. The Labute approximate surface area is 106 Å². The van der Waals surface area contributed by atoms with Gasteiger partial charge in [0.05, 0.1) is 0 Å². The molecule has 1 amide bonds. The second kappa shape index (κ2) is 5.27. The molecule has 0 bridgehead atoms. The molecule has 2 aromatic rings. The Morgan fingerprint density at radius 2 is 2.00 bits per heavy atom. The van der Waals surface area contributed by atoms with Crippen molar-refractivity contribution in [1.29, 1.82) is 0 Å². The molecule has 0 aliphatic heterocycles. The van der Waals surface area contributed by atoms with Gasteiger partial charge in [-0.15, -0.1) is 0 Å². The van der Waals surface area contributed by atoms with Gasteiger partial charge >= 0.3 is 0 Å². The fourth-order valence-electron chi connectivity index (χ4n) is 1.84. The van der Waals surface area contributed by atoms with Gasteiger partial charge in [-0.25, -0.2) is 4.57 Å². The second-order valence-electron chi connectivity index (χ2n) is 4.04. The number of benzene rings is 1. The van der Waals surface area contributed by atoms with E-state index in [0.29, 0.717) is 12.1 Å². The van der Waals surface area contributed by atoms with Crippen molar-refractivity contribution in [3.05, 3.63) is 72.1 Å². The van der Waals surface area contributed by atoms with Gasteiger partial charge in [-0.2, -0.15) is 0 Å². The molecule has 1 heterocycles. The summed E-state index contributed by atoms with van der Waals surface area (Å²) in [5.41, 5.74) is 7.67. The molecule has 0 spiro atoms. The first-order valence-corrected chi connectivity index (χ1v) is 5.70. The molecule has 0 saturated heterocycles. The van der Waals surface area contributed by atoms with Gasteiger partial charge in [-0.05, 0) is 11.6 Å². The number of carbonyl (C=O) groups excluding carboxylic acids is 1. The van der Waals surface area contributed by atoms with Crippen LogP contribution in [0, 0.1) is 0 Å². The van der Waals surface area contributed by atoms with Gasteiger partial charge in [0.2, 0.25) is 5.91 Å². The molecule has 0 fully saturated rings. The standard InChI is InChI=1S/C15H14N2O/c1-2-13-7-6-12(10-14(13)15(16)18)11-17-8-4-3-5-9-17/h2-10H,1,11H2,(H-,16,18)/p+1. The highest BCUT2D eigenvalue weighted by Gasteiger charge is 2.09. The van der Waals surface area contributed by atoms with Crippen LogP contribution in [-0.4, -0.2) is 5.91 Å². The molecule has 0 unspecified atom stereocenters. The van der Waals surface area contributed by atoms with E-state index in [1.54, 1.807) is 6.08 Å². The first-order valence-electron chi connectivity index (χ1n) is 5.70. The van der Waals surface area contributed by atoms with Gasteiger partial charge in [-0.1, -0.05) is 30.9 Å². The van der Waals surface area contributed by atoms with Gasteiger partial charge in [0.1, 0.15) is 0 Å². The van der Waals surface area contributed by atoms with E-state index in [4.69, 9.17) is 5.73 Å². The fraction of sp³-hybridized carbons (Fsp3) is 0.0667. The van der Waals surface area contributed by atoms with Gasteiger partial charge in [0.15, 0.2) is 18.9 Å². The first-order chi connectivity index (χ1) is 8.70. The Bertz CT molecular complexity index is 576. The Morgan fingerprint density at radius 1 is 1.28 bits per heavy atom. The third-order valence-electron chi connectivity index (χ3n) is 2.75. The molecule has 18 heavy (non-hydrogen) atoms. The third kappa shape index (κ3) is 2.63. The molecule has 0 aliphatic carbocycles. The second-order valence-corrected chi connectivity index (χ2v) is 4.04. The Hall–Kier alpha value is -2.42. The van der Waals surface area contributed by atoms with Crippen molar-refractivity contribution < 1.29 is 9.36 Å². The number of nitrogens with zero attached hydrogens (tertiary/aromatic N) is 1. The number of pyridine rings is 1. The van der Waals surface area contributed by atoms with Crippen molar-refractivity contribution in [1.82, 2.24) is 0 Å². The highest BCUT2D eigenvalue weighted by molar-refractivity contribution is 5.96. The van der Waals surface area contributed by atoms with Crippen molar-refractivity contribution in [2.75, 3.05) is 0 Å². The summed E-state index contributed by atoms with van der Waals surface area (Å²) < 4.78 is 2.04. The summed E-state index contributed by atoms with van der Waals surface area (Å²) >= 11 is 0. The molecule has 0 aliphatic rings. The SMILES string of the molecule is C=Cc1ccc(C[n+]2ccccc2)cc1C(N)=O. The molecule has 0 atom stereocenters. The molecular formula is C15H15N2O+. The van der Waals surface area contributed by atoms with Crippen molar-refractivity contribution in [3.63, 3.8) is 0 Å². The number of rotatable bonds is 4. The van der Waals surface area contributed by atoms with E-state index < -0.39 is 5.91 Å². The van der Waals surface area contributed by atoms with E-state index in [2.05, 4.69) is 6.58 Å². The maximum absolute atomic E-state index is 11.4. The van der Waals surface area contributed by atoms with Gasteiger partial charge in [0.25, 0.3) is 0 Å². The number of aromatic nitrogens is 1. The largest absolute Gasteiger partial charge is 0.366 e. The van der Waals surface area contributed by atoms with Crippen molar-refractivity contribution >= 4 is 12.0 Å². The molecule has 1 aromatic carbocycles. The Morgan fingerprint density at radius 3 is 2.61 bits per heavy atom. The molecule has 90 valence electrons. The highest BCUT2D eigenvalue weighted by atomic mass is 16.1. The van der Waals surface area contributed by atoms with Crippen LogP contribution in [0.3, 0.4) is 0 Å². The van der Waals surface area contributed by atoms with Gasteiger partial charge in [0, 0.05) is 23.3 Å². The number of amides is 1. The van der Waals surface area contributed by atoms with Crippen molar-refractivity contribution in [3.8, 4) is 0 Å². The summed E-state index contributed by atoms with van der Waals surface area (Å²) in [6.07, 6.45) is 5.59. The zero-order chi connectivity index (χ0) is 13.0.